The third-order valence-electron chi connectivity index (χ3n) is 10.8. The summed E-state index contributed by atoms with van der Waals surface area (Å²) in [5.41, 5.74) is 0. The molecule has 320 valence electrons. The lowest BCUT2D eigenvalue weighted by Crippen LogP contribution is -2.30. The summed E-state index contributed by atoms with van der Waals surface area (Å²) in [6.07, 6.45) is 42.4. The monoisotopic (exact) mass is 765 g/mol. The van der Waals surface area contributed by atoms with Crippen molar-refractivity contribution in [3.05, 3.63) is 0 Å². The molecule has 0 unspecified atom stereocenters. The van der Waals surface area contributed by atoms with Gasteiger partial charge in [0, 0.05) is 19.3 Å². The Balaban J connectivity index is 4.28. The van der Waals surface area contributed by atoms with Gasteiger partial charge >= 0.3 is 17.9 Å². The lowest BCUT2D eigenvalue weighted by Gasteiger charge is -2.18. The first kappa shape index (κ1) is 52.4. The van der Waals surface area contributed by atoms with Crippen LogP contribution in [-0.4, -0.2) is 37.2 Å². The van der Waals surface area contributed by atoms with Crippen molar-refractivity contribution in [2.24, 2.45) is 5.92 Å². The van der Waals surface area contributed by atoms with Crippen molar-refractivity contribution in [1.29, 1.82) is 0 Å². The molecule has 6 heteroatoms. The van der Waals surface area contributed by atoms with E-state index in [-0.39, 0.29) is 31.1 Å². The number of esters is 3. The van der Waals surface area contributed by atoms with E-state index in [4.69, 9.17) is 14.2 Å². The Morgan fingerprint density at radius 3 is 0.907 bits per heavy atom. The van der Waals surface area contributed by atoms with Gasteiger partial charge in [-0.15, -0.1) is 0 Å². The van der Waals surface area contributed by atoms with Gasteiger partial charge in [-0.3, -0.25) is 14.4 Å². The lowest BCUT2D eigenvalue weighted by molar-refractivity contribution is -0.167. The molecule has 0 aliphatic rings. The average Bonchev–Trinajstić information content (AvgIpc) is 3.15. The molecule has 0 rings (SSSR count). The van der Waals surface area contributed by atoms with E-state index >= 15 is 0 Å². The highest BCUT2D eigenvalue weighted by Gasteiger charge is 2.19. The molecule has 0 saturated carbocycles. The van der Waals surface area contributed by atoms with Gasteiger partial charge in [0.2, 0.25) is 0 Å². The summed E-state index contributed by atoms with van der Waals surface area (Å²) in [7, 11) is 0. The zero-order chi connectivity index (χ0) is 39.6. The number of carbonyl (C=O) groups is 3. The minimum absolute atomic E-state index is 0.0641. The van der Waals surface area contributed by atoms with Gasteiger partial charge in [0.15, 0.2) is 6.10 Å². The van der Waals surface area contributed by atoms with Crippen LogP contribution < -0.4 is 0 Å². The van der Waals surface area contributed by atoms with E-state index in [1.165, 1.54) is 161 Å². The molecule has 0 aromatic rings. The van der Waals surface area contributed by atoms with Crippen LogP contribution in [0.15, 0.2) is 0 Å². The van der Waals surface area contributed by atoms with Crippen LogP contribution in [0.1, 0.15) is 265 Å². The molecule has 0 bridgehead atoms. The van der Waals surface area contributed by atoms with Gasteiger partial charge in [0.25, 0.3) is 0 Å². The zero-order valence-electron chi connectivity index (χ0n) is 36.7. The minimum Gasteiger partial charge on any atom is -0.462 e. The molecule has 0 N–H and O–H groups in total. The Morgan fingerprint density at radius 2 is 0.611 bits per heavy atom. The number of ether oxygens (including phenoxy) is 3. The zero-order valence-corrected chi connectivity index (χ0v) is 36.7. The summed E-state index contributed by atoms with van der Waals surface area (Å²) in [4.78, 5) is 37.7. The highest BCUT2D eigenvalue weighted by atomic mass is 16.6. The van der Waals surface area contributed by atoms with E-state index in [0.717, 1.165) is 63.7 Å². The van der Waals surface area contributed by atoms with Crippen molar-refractivity contribution in [3.8, 4) is 0 Å². The Kier molecular flexibility index (Phi) is 41.3. The van der Waals surface area contributed by atoms with Gasteiger partial charge in [-0.25, -0.2) is 0 Å². The molecular weight excluding hydrogens is 673 g/mol. The van der Waals surface area contributed by atoms with Crippen molar-refractivity contribution in [2.75, 3.05) is 13.2 Å². The largest absolute Gasteiger partial charge is 0.462 e. The quantitative estimate of drug-likeness (QED) is 0.0349. The maximum absolute atomic E-state index is 12.7. The number of unbranched alkanes of at least 4 members (excludes halogenated alkanes) is 30. The van der Waals surface area contributed by atoms with Gasteiger partial charge < -0.3 is 14.2 Å². The summed E-state index contributed by atoms with van der Waals surface area (Å²) >= 11 is 0. The molecule has 0 aliphatic carbocycles. The fourth-order valence-corrected chi connectivity index (χ4v) is 7.16. The molecule has 0 aliphatic heterocycles. The Bertz CT molecular complexity index is 811. The second-order valence-corrected chi connectivity index (χ2v) is 16.9. The van der Waals surface area contributed by atoms with Crippen molar-refractivity contribution in [2.45, 2.75) is 271 Å². The van der Waals surface area contributed by atoms with Crippen LogP contribution >= 0.6 is 0 Å². The number of hydrogen-bond acceptors (Lipinski definition) is 6. The van der Waals surface area contributed by atoms with Crippen molar-refractivity contribution >= 4 is 17.9 Å². The minimum atomic E-state index is -0.759. The second kappa shape index (κ2) is 42.6. The van der Waals surface area contributed by atoms with E-state index < -0.39 is 6.10 Å². The molecule has 0 amide bonds. The first-order valence-corrected chi connectivity index (χ1v) is 23.9. The second-order valence-electron chi connectivity index (χ2n) is 16.9. The topological polar surface area (TPSA) is 78.9 Å². The van der Waals surface area contributed by atoms with Crippen LogP contribution in [0.2, 0.25) is 0 Å². The summed E-state index contributed by atoms with van der Waals surface area (Å²) in [5.74, 6) is -0.0917. The third kappa shape index (κ3) is 41.6. The molecule has 0 radical (unpaired) electrons. The van der Waals surface area contributed by atoms with Crippen LogP contribution in [0.25, 0.3) is 0 Å². The van der Waals surface area contributed by atoms with Crippen LogP contribution in [0.3, 0.4) is 0 Å². The molecule has 0 aromatic carbocycles. The summed E-state index contributed by atoms with van der Waals surface area (Å²) in [6, 6.07) is 0. The van der Waals surface area contributed by atoms with Crippen molar-refractivity contribution < 1.29 is 28.6 Å². The van der Waals surface area contributed by atoms with Crippen LogP contribution in [0, 0.1) is 5.92 Å². The van der Waals surface area contributed by atoms with Gasteiger partial charge in [-0.05, 0) is 25.2 Å². The molecule has 1 atom stereocenters. The number of hydrogen-bond donors (Lipinski definition) is 0. The highest BCUT2D eigenvalue weighted by Crippen LogP contribution is 2.16. The average molecular weight is 765 g/mol. The van der Waals surface area contributed by atoms with E-state index in [0.29, 0.717) is 19.3 Å². The fraction of sp³-hybridized carbons (Fsp3) is 0.938. The smallest absolute Gasteiger partial charge is 0.306 e. The van der Waals surface area contributed by atoms with Crippen molar-refractivity contribution in [3.63, 3.8) is 0 Å². The summed E-state index contributed by atoms with van der Waals surface area (Å²) in [5, 5.41) is 0. The highest BCUT2D eigenvalue weighted by molar-refractivity contribution is 5.71. The Hall–Kier alpha value is -1.59. The summed E-state index contributed by atoms with van der Waals surface area (Å²) in [6.45, 7) is 8.94. The molecule has 0 saturated heterocycles. The van der Waals surface area contributed by atoms with Gasteiger partial charge in [0.1, 0.15) is 13.2 Å². The number of carbonyl (C=O) groups excluding carboxylic acids is 3. The van der Waals surface area contributed by atoms with E-state index in [2.05, 4.69) is 27.7 Å². The summed E-state index contributed by atoms with van der Waals surface area (Å²) < 4.78 is 16.7. The van der Waals surface area contributed by atoms with E-state index in [1.54, 1.807) is 0 Å². The fourth-order valence-electron chi connectivity index (χ4n) is 7.16. The predicted octanol–water partition coefficient (Wildman–Crippen LogP) is 15.1. The molecule has 6 nitrogen and oxygen atoms in total. The van der Waals surface area contributed by atoms with E-state index in [9.17, 15) is 14.4 Å². The van der Waals surface area contributed by atoms with Gasteiger partial charge in [-0.2, -0.15) is 0 Å². The Labute approximate surface area is 336 Å². The molecular formula is C48H92O6. The Morgan fingerprint density at radius 1 is 0.352 bits per heavy atom. The molecule has 54 heavy (non-hydrogen) atoms. The molecule has 0 fully saturated rings. The van der Waals surface area contributed by atoms with E-state index in [1.807, 2.05) is 0 Å². The maximum Gasteiger partial charge on any atom is 0.306 e. The molecule has 0 spiro atoms. The lowest BCUT2D eigenvalue weighted by atomic mass is 10.0. The molecule has 0 aromatic heterocycles. The van der Waals surface area contributed by atoms with Gasteiger partial charge in [0.05, 0.1) is 0 Å². The molecule has 0 heterocycles. The van der Waals surface area contributed by atoms with Crippen LogP contribution in [0.4, 0.5) is 0 Å². The maximum atomic E-state index is 12.7. The first-order valence-electron chi connectivity index (χ1n) is 23.9. The normalized spacial score (nSPS) is 11.9. The first-order chi connectivity index (χ1) is 26.4. The third-order valence-corrected chi connectivity index (χ3v) is 10.8. The van der Waals surface area contributed by atoms with Crippen LogP contribution in [0.5, 0.6) is 0 Å². The predicted molar refractivity (Wildman–Crippen MR) is 229 cm³/mol. The SMILES string of the molecule is CCCCCCCCCCCCCCCCCC(=O)OC[C@@H](COC(=O)CCCCCCCCC(C)C)OC(=O)CCCCCCCCCCCCCC. The standard InChI is InChI=1S/C48H92O6/c1-5-7-9-11-13-15-17-19-20-21-23-24-26-31-35-39-46(49)52-42-45(43-53-47(50)40-36-32-29-28-30-34-38-44(3)4)54-48(51)41-37-33-27-25-22-18-16-14-12-10-8-6-2/h44-45H,5-43H2,1-4H3/t45-/m0/s1. The van der Waals surface area contributed by atoms with Gasteiger partial charge in [-0.1, -0.05) is 227 Å². The number of rotatable bonds is 43. The van der Waals surface area contributed by atoms with Crippen LogP contribution in [-0.2, 0) is 28.6 Å². The van der Waals surface area contributed by atoms with Crippen molar-refractivity contribution in [1.82, 2.24) is 0 Å².